The first kappa shape index (κ1) is 22.0. The van der Waals surface area contributed by atoms with Gasteiger partial charge in [0, 0.05) is 25.3 Å². The summed E-state index contributed by atoms with van der Waals surface area (Å²) in [5.41, 5.74) is 4.08. The molecule has 30 heavy (non-hydrogen) atoms. The summed E-state index contributed by atoms with van der Waals surface area (Å²) in [5.74, 6) is -0.117. The lowest BCUT2D eigenvalue weighted by molar-refractivity contribution is -0.136. The van der Waals surface area contributed by atoms with E-state index in [-0.39, 0.29) is 0 Å². The van der Waals surface area contributed by atoms with Crippen LogP contribution in [0.1, 0.15) is 56.2 Å². The fourth-order valence-corrected chi connectivity index (χ4v) is 3.95. The largest absolute Gasteiger partial charge is 0.344 e. The number of rotatable bonds is 6. The molecule has 0 bridgehead atoms. The van der Waals surface area contributed by atoms with Crippen LogP contribution in [0.5, 0.6) is 0 Å². The summed E-state index contributed by atoms with van der Waals surface area (Å²) in [6.07, 6.45) is 2.53. The lowest BCUT2D eigenvalue weighted by atomic mass is 9.99. The molecule has 1 aliphatic rings. The van der Waals surface area contributed by atoms with Crippen LogP contribution in [0.15, 0.2) is 48.5 Å². The van der Waals surface area contributed by atoms with Crippen LogP contribution in [-0.4, -0.2) is 29.8 Å². The maximum absolute atomic E-state index is 12.3. The normalized spacial score (nSPS) is 17.0. The van der Waals surface area contributed by atoms with Crippen LogP contribution in [0.25, 0.3) is 0 Å². The summed E-state index contributed by atoms with van der Waals surface area (Å²) in [6, 6.07) is 15.7. The second-order valence-electron chi connectivity index (χ2n) is 8.66. The first-order chi connectivity index (χ1) is 14.4. The molecular weight excluding hydrogens is 374 g/mol. The molecular formula is C25H33N3O2. The molecule has 1 unspecified atom stereocenters. The average Bonchev–Trinajstić information content (AvgIpc) is 2.73. The van der Waals surface area contributed by atoms with E-state index in [1.165, 1.54) is 24.0 Å². The first-order valence-electron chi connectivity index (χ1n) is 10.9. The maximum Gasteiger partial charge on any atom is 0.313 e. The number of anilines is 1. The van der Waals surface area contributed by atoms with Gasteiger partial charge < -0.3 is 10.6 Å². The zero-order valence-electron chi connectivity index (χ0n) is 18.3. The van der Waals surface area contributed by atoms with Gasteiger partial charge in [-0.05, 0) is 60.0 Å². The number of carbonyl (C=O) groups excluding carboxylic acids is 2. The SMILES string of the molecule is CC1CCCN(Cc2ccccc2CNC(=O)C(=O)Nc2ccc(C(C)C)cc2)C1. The molecule has 1 atom stereocenters. The molecule has 160 valence electrons. The fraction of sp³-hybridized carbons (Fsp3) is 0.440. The van der Waals surface area contributed by atoms with Crippen LogP contribution in [-0.2, 0) is 22.7 Å². The molecule has 1 saturated heterocycles. The van der Waals surface area contributed by atoms with Crippen molar-refractivity contribution < 1.29 is 9.59 Å². The van der Waals surface area contributed by atoms with Crippen molar-refractivity contribution in [3.05, 3.63) is 65.2 Å². The van der Waals surface area contributed by atoms with Crippen LogP contribution in [0.2, 0.25) is 0 Å². The molecule has 0 aromatic heterocycles. The Morgan fingerprint density at radius 2 is 1.73 bits per heavy atom. The number of piperidine rings is 1. The second-order valence-corrected chi connectivity index (χ2v) is 8.66. The first-order valence-corrected chi connectivity index (χ1v) is 10.9. The molecule has 0 spiro atoms. The van der Waals surface area contributed by atoms with Crippen LogP contribution < -0.4 is 10.6 Å². The minimum absolute atomic E-state index is 0.345. The van der Waals surface area contributed by atoms with Gasteiger partial charge in [0.1, 0.15) is 0 Å². The number of benzene rings is 2. The van der Waals surface area contributed by atoms with Crippen LogP contribution in [0.3, 0.4) is 0 Å². The summed E-state index contributed by atoms with van der Waals surface area (Å²) >= 11 is 0. The molecule has 2 aromatic carbocycles. The van der Waals surface area contributed by atoms with E-state index in [9.17, 15) is 9.59 Å². The van der Waals surface area contributed by atoms with E-state index in [2.05, 4.69) is 42.4 Å². The number of likely N-dealkylation sites (tertiary alicyclic amines) is 1. The Hall–Kier alpha value is -2.66. The maximum atomic E-state index is 12.3. The van der Waals surface area contributed by atoms with E-state index in [1.54, 1.807) is 0 Å². The number of hydrogen-bond acceptors (Lipinski definition) is 3. The number of nitrogens with zero attached hydrogens (tertiary/aromatic N) is 1. The number of hydrogen-bond donors (Lipinski definition) is 2. The van der Waals surface area contributed by atoms with Gasteiger partial charge in [-0.15, -0.1) is 0 Å². The molecule has 2 N–H and O–H groups in total. The van der Waals surface area contributed by atoms with E-state index >= 15 is 0 Å². The molecule has 0 saturated carbocycles. The highest BCUT2D eigenvalue weighted by Crippen LogP contribution is 2.20. The van der Waals surface area contributed by atoms with Crippen molar-refractivity contribution in [1.82, 2.24) is 10.2 Å². The molecule has 5 nitrogen and oxygen atoms in total. The van der Waals surface area contributed by atoms with Gasteiger partial charge in [-0.25, -0.2) is 0 Å². The smallest absolute Gasteiger partial charge is 0.313 e. The van der Waals surface area contributed by atoms with Gasteiger partial charge in [-0.2, -0.15) is 0 Å². The Bertz CT molecular complexity index is 861. The molecule has 0 radical (unpaired) electrons. The number of nitrogens with one attached hydrogen (secondary N) is 2. The summed E-state index contributed by atoms with van der Waals surface area (Å²) in [7, 11) is 0. The average molecular weight is 408 g/mol. The quantitative estimate of drug-likeness (QED) is 0.702. The predicted octanol–water partition coefficient (Wildman–Crippen LogP) is 4.30. The molecule has 1 heterocycles. The minimum Gasteiger partial charge on any atom is -0.344 e. The van der Waals surface area contributed by atoms with Gasteiger partial charge in [0.05, 0.1) is 0 Å². The zero-order chi connectivity index (χ0) is 21.5. The minimum atomic E-state index is -0.644. The van der Waals surface area contributed by atoms with E-state index in [0.717, 1.165) is 31.1 Å². The second kappa shape index (κ2) is 10.4. The van der Waals surface area contributed by atoms with Crippen LogP contribution in [0.4, 0.5) is 5.69 Å². The summed E-state index contributed by atoms with van der Waals surface area (Å²) < 4.78 is 0. The lowest BCUT2D eigenvalue weighted by Crippen LogP contribution is -2.36. The van der Waals surface area contributed by atoms with E-state index in [1.807, 2.05) is 42.5 Å². The van der Waals surface area contributed by atoms with E-state index in [4.69, 9.17) is 0 Å². The molecule has 3 rings (SSSR count). The molecule has 2 aromatic rings. The third-order valence-electron chi connectivity index (χ3n) is 5.73. The molecule has 5 heteroatoms. The third-order valence-corrected chi connectivity index (χ3v) is 5.73. The standard InChI is InChI=1S/C25H33N3O2/c1-18(2)20-10-12-23(13-11-20)27-25(30)24(29)26-15-21-8-4-5-9-22(21)17-28-14-6-7-19(3)16-28/h4-5,8-13,18-19H,6-7,14-17H2,1-3H3,(H,26,29)(H,27,30). The fourth-order valence-electron chi connectivity index (χ4n) is 3.95. The van der Waals surface area contributed by atoms with E-state index in [0.29, 0.717) is 18.2 Å². The van der Waals surface area contributed by atoms with Gasteiger partial charge in [-0.1, -0.05) is 57.2 Å². The lowest BCUT2D eigenvalue weighted by Gasteiger charge is -2.31. The van der Waals surface area contributed by atoms with Gasteiger partial charge in [0.15, 0.2) is 0 Å². The van der Waals surface area contributed by atoms with Gasteiger partial charge in [0.2, 0.25) is 0 Å². The highest BCUT2D eigenvalue weighted by molar-refractivity contribution is 6.39. The summed E-state index contributed by atoms with van der Waals surface area (Å²) in [4.78, 5) is 27.0. The van der Waals surface area contributed by atoms with Crippen molar-refractivity contribution in [1.29, 1.82) is 0 Å². The van der Waals surface area contributed by atoms with Gasteiger partial charge in [-0.3, -0.25) is 14.5 Å². The highest BCUT2D eigenvalue weighted by Gasteiger charge is 2.18. The Kier molecular flexibility index (Phi) is 7.63. The number of carbonyl (C=O) groups is 2. The van der Waals surface area contributed by atoms with Crippen molar-refractivity contribution in [2.45, 2.75) is 52.6 Å². The molecule has 1 aliphatic heterocycles. The van der Waals surface area contributed by atoms with Crippen molar-refractivity contribution in [2.75, 3.05) is 18.4 Å². The Labute approximate surface area is 179 Å². The summed E-state index contributed by atoms with van der Waals surface area (Å²) in [6.45, 7) is 9.98. The van der Waals surface area contributed by atoms with Crippen molar-refractivity contribution in [3.8, 4) is 0 Å². The van der Waals surface area contributed by atoms with Crippen LogP contribution in [0, 0.1) is 5.92 Å². The van der Waals surface area contributed by atoms with E-state index < -0.39 is 11.8 Å². The third kappa shape index (κ3) is 6.17. The Morgan fingerprint density at radius 3 is 2.40 bits per heavy atom. The molecule has 2 amide bonds. The summed E-state index contributed by atoms with van der Waals surface area (Å²) in [5, 5.41) is 5.44. The van der Waals surface area contributed by atoms with Crippen molar-refractivity contribution in [2.24, 2.45) is 5.92 Å². The topological polar surface area (TPSA) is 61.4 Å². The van der Waals surface area contributed by atoms with Crippen molar-refractivity contribution >= 4 is 17.5 Å². The zero-order valence-corrected chi connectivity index (χ0v) is 18.3. The van der Waals surface area contributed by atoms with Crippen LogP contribution >= 0.6 is 0 Å². The highest BCUT2D eigenvalue weighted by atomic mass is 16.2. The monoisotopic (exact) mass is 407 g/mol. The Morgan fingerprint density at radius 1 is 1.03 bits per heavy atom. The van der Waals surface area contributed by atoms with Crippen molar-refractivity contribution in [3.63, 3.8) is 0 Å². The Balaban J connectivity index is 1.54. The predicted molar refractivity (Wildman–Crippen MR) is 121 cm³/mol. The number of amides is 2. The van der Waals surface area contributed by atoms with Gasteiger partial charge in [0.25, 0.3) is 0 Å². The molecule has 0 aliphatic carbocycles. The molecule has 1 fully saturated rings. The van der Waals surface area contributed by atoms with Gasteiger partial charge >= 0.3 is 11.8 Å².